The average molecular weight is 295 g/mol. The van der Waals surface area contributed by atoms with E-state index >= 15 is 0 Å². The summed E-state index contributed by atoms with van der Waals surface area (Å²) in [6.07, 6.45) is -0.878. The summed E-state index contributed by atoms with van der Waals surface area (Å²) >= 11 is 0. The van der Waals surface area contributed by atoms with Crippen molar-refractivity contribution in [3.05, 3.63) is 30.3 Å². The second kappa shape index (κ2) is 8.57. The number of benzene rings is 1. The third-order valence-corrected chi connectivity index (χ3v) is 2.21. The molecular formula is C14H17NO6. The lowest BCUT2D eigenvalue weighted by Gasteiger charge is -2.09. The summed E-state index contributed by atoms with van der Waals surface area (Å²) in [5.74, 6) is -1.05. The Morgan fingerprint density at radius 3 is 2.38 bits per heavy atom. The minimum Gasteiger partial charge on any atom is -0.428 e. The van der Waals surface area contributed by atoms with Crippen molar-refractivity contribution >= 4 is 18.0 Å². The molecule has 0 atom stereocenters. The van der Waals surface area contributed by atoms with Crippen molar-refractivity contribution in [1.29, 1.82) is 0 Å². The second-order valence-corrected chi connectivity index (χ2v) is 4.31. The number of nitrogens with one attached hydrogen (secondary N) is 1. The van der Waals surface area contributed by atoms with E-state index in [1.807, 2.05) is 0 Å². The molecule has 1 aromatic carbocycles. The van der Waals surface area contributed by atoms with E-state index < -0.39 is 24.8 Å². The van der Waals surface area contributed by atoms with E-state index in [1.165, 1.54) is 0 Å². The zero-order chi connectivity index (χ0) is 15.7. The average Bonchev–Trinajstić information content (AvgIpc) is 2.46. The molecule has 0 aromatic heterocycles. The van der Waals surface area contributed by atoms with Gasteiger partial charge in [-0.1, -0.05) is 32.0 Å². The molecule has 21 heavy (non-hydrogen) atoms. The third-order valence-electron chi connectivity index (χ3n) is 2.21. The van der Waals surface area contributed by atoms with Gasteiger partial charge >= 0.3 is 18.0 Å². The van der Waals surface area contributed by atoms with Crippen molar-refractivity contribution in [1.82, 2.24) is 5.32 Å². The van der Waals surface area contributed by atoms with Crippen LogP contribution in [0.1, 0.15) is 13.8 Å². The molecule has 1 N–H and O–H groups in total. The molecule has 0 unspecified atom stereocenters. The fraction of sp³-hybridized carbons (Fsp3) is 0.357. The molecule has 0 fully saturated rings. The Balaban J connectivity index is 2.18. The van der Waals surface area contributed by atoms with Gasteiger partial charge in [0.05, 0.1) is 5.92 Å². The van der Waals surface area contributed by atoms with Crippen molar-refractivity contribution in [2.45, 2.75) is 13.8 Å². The summed E-state index contributed by atoms with van der Waals surface area (Å²) in [5.41, 5.74) is 0. The Hall–Kier alpha value is -2.57. The highest BCUT2D eigenvalue weighted by atomic mass is 16.7. The molecule has 0 aliphatic carbocycles. The smallest absolute Gasteiger partial charge is 0.410 e. The van der Waals surface area contributed by atoms with Crippen molar-refractivity contribution in [2.75, 3.05) is 13.3 Å². The standard InChI is InChI=1S/C14H17NO6/c1-10(2)13(17)19-9-20-14(18)15-8-12(16)21-11-6-4-3-5-7-11/h3-7,10H,8-9H2,1-2H3,(H,15,18). The van der Waals surface area contributed by atoms with Gasteiger partial charge in [-0.3, -0.25) is 4.79 Å². The van der Waals surface area contributed by atoms with Gasteiger partial charge in [-0.25, -0.2) is 9.59 Å². The molecule has 0 spiro atoms. The van der Waals surface area contributed by atoms with Gasteiger partial charge in [0.25, 0.3) is 0 Å². The maximum atomic E-state index is 11.4. The molecule has 114 valence electrons. The first-order valence-electron chi connectivity index (χ1n) is 6.32. The van der Waals surface area contributed by atoms with Crippen LogP contribution in [0.15, 0.2) is 30.3 Å². The van der Waals surface area contributed by atoms with Gasteiger partial charge in [-0.2, -0.15) is 0 Å². The Morgan fingerprint density at radius 1 is 1.10 bits per heavy atom. The van der Waals surface area contributed by atoms with Crippen LogP contribution in [0, 0.1) is 5.92 Å². The summed E-state index contributed by atoms with van der Waals surface area (Å²) < 4.78 is 14.1. The van der Waals surface area contributed by atoms with Gasteiger partial charge in [0.2, 0.25) is 6.79 Å². The second-order valence-electron chi connectivity index (χ2n) is 4.31. The Morgan fingerprint density at radius 2 is 1.76 bits per heavy atom. The minimum atomic E-state index is -0.878. The number of hydrogen-bond donors (Lipinski definition) is 1. The van der Waals surface area contributed by atoms with Crippen LogP contribution in [0.2, 0.25) is 0 Å². The minimum absolute atomic E-state index is 0.308. The lowest BCUT2D eigenvalue weighted by molar-refractivity contribution is -0.155. The summed E-state index contributed by atoms with van der Waals surface area (Å²) in [6, 6.07) is 8.44. The first-order valence-corrected chi connectivity index (χ1v) is 6.32. The molecule has 0 radical (unpaired) electrons. The van der Waals surface area contributed by atoms with Crippen molar-refractivity contribution < 1.29 is 28.6 Å². The largest absolute Gasteiger partial charge is 0.428 e. The number of para-hydroxylation sites is 1. The summed E-state index contributed by atoms with van der Waals surface area (Å²) in [7, 11) is 0. The van der Waals surface area contributed by atoms with Gasteiger partial charge in [-0.15, -0.1) is 0 Å². The molecule has 0 aliphatic heterocycles. The molecular weight excluding hydrogens is 278 g/mol. The Kier molecular flexibility index (Phi) is 6.73. The SMILES string of the molecule is CC(C)C(=O)OCOC(=O)NCC(=O)Oc1ccccc1. The van der Waals surface area contributed by atoms with Crippen molar-refractivity contribution in [2.24, 2.45) is 5.92 Å². The fourth-order valence-electron chi connectivity index (χ4n) is 1.16. The van der Waals surface area contributed by atoms with E-state index in [0.717, 1.165) is 0 Å². The maximum Gasteiger partial charge on any atom is 0.410 e. The predicted molar refractivity (Wildman–Crippen MR) is 72.4 cm³/mol. The number of esters is 2. The number of carbonyl (C=O) groups is 3. The molecule has 0 heterocycles. The van der Waals surface area contributed by atoms with Crippen molar-refractivity contribution in [3.63, 3.8) is 0 Å². The Labute approximate surface area is 122 Å². The first-order chi connectivity index (χ1) is 9.99. The number of ether oxygens (including phenoxy) is 3. The molecule has 7 nitrogen and oxygen atoms in total. The molecule has 1 aromatic rings. The summed E-state index contributed by atoms with van der Waals surface area (Å²) in [5, 5.41) is 2.18. The van der Waals surface area contributed by atoms with Gasteiger partial charge < -0.3 is 19.5 Å². The van der Waals surface area contributed by atoms with Crippen LogP contribution in [0.3, 0.4) is 0 Å². The van der Waals surface area contributed by atoms with Gasteiger partial charge in [0, 0.05) is 0 Å². The number of amides is 1. The van der Waals surface area contributed by atoms with Crippen LogP contribution in [0.5, 0.6) is 5.75 Å². The lowest BCUT2D eigenvalue weighted by Crippen LogP contribution is -2.33. The highest BCUT2D eigenvalue weighted by molar-refractivity contribution is 5.79. The van der Waals surface area contributed by atoms with Crippen LogP contribution in [0.4, 0.5) is 4.79 Å². The predicted octanol–water partition coefficient (Wildman–Crippen LogP) is 1.47. The van der Waals surface area contributed by atoms with Crippen LogP contribution in [-0.2, 0) is 19.1 Å². The molecule has 0 bridgehead atoms. The zero-order valence-electron chi connectivity index (χ0n) is 11.8. The van der Waals surface area contributed by atoms with Gasteiger partial charge in [-0.05, 0) is 12.1 Å². The first kappa shape index (κ1) is 16.5. The molecule has 0 saturated heterocycles. The molecule has 1 amide bonds. The van der Waals surface area contributed by atoms with Crippen LogP contribution in [-0.4, -0.2) is 31.4 Å². The van der Waals surface area contributed by atoms with Crippen LogP contribution in [0.25, 0.3) is 0 Å². The number of hydrogen-bond acceptors (Lipinski definition) is 6. The molecule has 7 heteroatoms. The van der Waals surface area contributed by atoms with E-state index in [0.29, 0.717) is 5.75 Å². The van der Waals surface area contributed by atoms with Crippen molar-refractivity contribution in [3.8, 4) is 5.75 Å². The van der Waals surface area contributed by atoms with Crippen LogP contribution >= 0.6 is 0 Å². The number of alkyl carbamates (subject to hydrolysis) is 1. The molecule has 0 aliphatic rings. The zero-order valence-corrected chi connectivity index (χ0v) is 11.8. The molecule has 1 rings (SSSR count). The van der Waals surface area contributed by atoms with Gasteiger partial charge in [0.1, 0.15) is 12.3 Å². The fourth-order valence-corrected chi connectivity index (χ4v) is 1.16. The van der Waals surface area contributed by atoms with Crippen LogP contribution < -0.4 is 10.1 Å². The summed E-state index contributed by atoms with van der Waals surface area (Å²) in [6.45, 7) is 2.45. The number of rotatable bonds is 6. The van der Waals surface area contributed by atoms with E-state index in [4.69, 9.17) is 4.74 Å². The highest BCUT2D eigenvalue weighted by Gasteiger charge is 2.11. The normalized spacial score (nSPS) is 9.86. The Bertz CT molecular complexity index is 485. The molecule has 0 saturated carbocycles. The lowest BCUT2D eigenvalue weighted by atomic mass is 10.2. The quantitative estimate of drug-likeness (QED) is 0.485. The maximum absolute atomic E-state index is 11.4. The van der Waals surface area contributed by atoms with E-state index in [2.05, 4.69) is 14.8 Å². The van der Waals surface area contributed by atoms with E-state index in [-0.39, 0.29) is 12.5 Å². The topological polar surface area (TPSA) is 90.9 Å². The highest BCUT2D eigenvalue weighted by Crippen LogP contribution is 2.07. The summed E-state index contributed by atoms with van der Waals surface area (Å²) in [4.78, 5) is 33.7. The van der Waals surface area contributed by atoms with E-state index in [9.17, 15) is 14.4 Å². The third kappa shape index (κ3) is 6.95. The van der Waals surface area contributed by atoms with E-state index in [1.54, 1.807) is 44.2 Å². The van der Waals surface area contributed by atoms with Gasteiger partial charge in [0.15, 0.2) is 0 Å². The monoisotopic (exact) mass is 295 g/mol. The number of carbonyl (C=O) groups excluding carboxylic acids is 3.